The van der Waals surface area contributed by atoms with Crippen molar-refractivity contribution < 1.29 is 16.8 Å². The molecule has 420 valence electrons. The molecular formula is C60H80Cl2N10O4S2. The average Bonchev–Trinajstić information content (AvgIpc) is 4.14. The molecule has 1 saturated heterocycles. The van der Waals surface area contributed by atoms with Crippen molar-refractivity contribution in [3.8, 4) is 0 Å². The van der Waals surface area contributed by atoms with Crippen LogP contribution in [0.25, 0.3) is 0 Å². The van der Waals surface area contributed by atoms with Crippen LogP contribution in [0.5, 0.6) is 0 Å². The van der Waals surface area contributed by atoms with Crippen molar-refractivity contribution in [3.63, 3.8) is 0 Å². The van der Waals surface area contributed by atoms with Gasteiger partial charge in [-0.15, -0.1) is 43.6 Å². The average molecular weight is 1140 g/mol. The van der Waals surface area contributed by atoms with E-state index >= 15 is 0 Å². The predicted molar refractivity (Wildman–Crippen MR) is 319 cm³/mol. The molecule has 1 fully saturated rings. The molecule has 0 spiro atoms. The summed E-state index contributed by atoms with van der Waals surface area (Å²) >= 11 is 11.2. The summed E-state index contributed by atoms with van der Waals surface area (Å²) in [5.74, 6) is 1.87. The number of nitrogens with zero attached hydrogens (tertiary/aromatic N) is 10. The molecule has 14 nitrogen and oxygen atoms in total. The summed E-state index contributed by atoms with van der Waals surface area (Å²) in [7, 11) is -7.05. The van der Waals surface area contributed by atoms with Crippen molar-refractivity contribution in [1.29, 1.82) is 0 Å². The van der Waals surface area contributed by atoms with E-state index in [1.165, 1.54) is 9.87 Å². The number of rotatable bonds is 16. The highest BCUT2D eigenvalue weighted by molar-refractivity contribution is 7.89. The molecule has 0 atom stereocenters. The number of piperidine rings is 1. The third-order valence-electron chi connectivity index (χ3n) is 13.3. The zero-order valence-corrected chi connectivity index (χ0v) is 45.9. The molecule has 0 saturated carbocycles. The molecule has 0 radical (unpaired) electrons. The van der Waals surface area contributed by atoms with E-state index in [2.05, 4.69) is 102 Å². The number of hydrogen-bond acceptors (Lipinski definition) is 10. The highest BCUT2D eigenvalue weighted by Crippen LogP contribution is 2.41. The molecule has 8 aromatic rings. The van der Waals surface area contributed by atoms with E-state index in [0.717, 1.165) is 33.6 Å². The van der Waals surface area contributed by atoms with Crippen LogP contribution in [-0.4, -0.2) is 104 Å². The summed E-state index contributed by atoms with van der Waals surface area (Å²) in [5.41, 5.74) is 5.24. The Labute approximate surface area is 476 Å². The van der Waals surface area contributed by atoms with Gasteiger partial charge >= 0.3 is 0 Å². The molecule has 1 aliphatic rings. The zero-order valence-electron chi connectivity index (χ0n) is 42.7. The molecule has 3 heterocycles. The quantitative estimate of drug-likeness (QED) is 0.0851. The normalized spacial score (nSPS) is 13.4. The van der Waals surface area contributed by atoms with E-state index in [4.69, 9.17) is 28.3 Å². The van der Waals surface area contributed by atoms with Crippen LogP contribution < -0.4 is 0 Å². The smallest absolute Gasteiger partial charge is 0.207 e. The minimum absolute atomic E-state index is 0. The lowest BCUT2D eigenvalue weighted by molar-refractivity contribution is 0.254. The topological polar surface area (TPSA) is 162 Å². The van der Waals surface area contributed by atoms with Crippen molar-refractivity contribution in [1.82, 2.24) is 49.0 Å². The van der Waals surface area contributed by atoms with Gasteiger partial charge in [0.25, 0.3) is 0 Å². The summed E-state index contributed by atoms with van der Waals surface area (Å²) in [6.45, 7) is 13.5. The Morgan fingerprint density at radius 2 is 0.949 bits per heavy atom. The molecule has 0 bridgehead atoms. The number of sulfonamides is 2. The first-order valence-corrected chi connectivity index (χ1v) is 28.4. The summed E-state index contributed by atoms with van der Waals surface area (Å²) in [4.78, 5) is 3.98. The minimum Gasteiger partial charge on any atom is -0.207 e. The zero-order chi connectivity index (χ0) is 53.0. The van der Waals surface area contributed by atoms with Gasteiger partial charge in [-0.25, -0.2) is 16.8 Å². The van der Waals surface area contributed by atoms with Crippen molar-refractivity contribution in [2.45, 2.75) is 117 Å². The minimum atomic E-state index is -3.58. The lowest BCUT2D eigenvalue weighted by Gasteiger charge is -2.39. The standard InChI is InChI=1S/C28H31N5O2S.C17H18N4.C11H15Cl2NO2S.4CH4/c1-22-14-16-25(17-15-22)36(34,35)32-20-18-28(19-21-32,24-12-8-5-9-13-24)26-29-31-33(30-26)27(2,3)23-10-6-4-7-11-23;1-17(2,15-11-7-4-8-12-15)21-19-16(18-20-21)13-14-9-5-3-6-10-14;1-10-2-4-11(5-3-10)17(15,16)14(8-6-12)9-7-13;;;;/h4-17H,18-21H2,1-3H3;3-12H,13H2,1-2H3;2-5H,6-9H2,1H3;4*1H4. The van der Waals surface area contributed by atoms with Crippen molar-refractivity contribution in [2.24, 2.45) is 0 Å². The van der Waals surface area contributed by atoms with E-state index < -0.39 is 31.0 Å². The Morgan fingerprint density at radius 1 is 0.538 bits per heavy atom. The van der Waals surface area contributed by atoms with Gasteiger partial charge < -0.3 is 0 Å². The van der Waals surface area contributed by atoms with Gasteiger partial charge in [0.15, 0.2) is 11.6 Å². The van der Waals surface area contributed by atoms with Gasteiger partial charge in [-0.3, -0.25) is 0 Å². The Kier molecular flexibility index (Phi) is 24.7. The number of aromatic nitrogens is 8. The first-order chi connectivity index (χ1) is 35.4. The fourth-order valence-corrected chi connectivity index (χ4v) is 12.2. The third-order valence-corrected chi connectivity index (χ3v) is 17.5. The van der Waals surface area contributed by atoms with Crippen molar-refractivity contribution >= 4 is 43.2 Å². The van der Waals surface area contributed by atoms with Gasteiger partial charge in [-0.2, -0.15) is 18.2 Å². The highest BCUT2D eigenvalue weighted by atomic mass is 35.5. The number of benzene rings is 6. The Bertz CT molecular complexity index is 3220. The monoisotopic (exact) mass is 1140 g/mol. The number of hydrogen-bond donors (Lipinski definition) is 0. The second-order valence-corrected chi connectivity index (χ2v) is 23.8. The van der Waals surface area contributed by atoms with Crippen LogP contribution in [0.3, 0.4) is 0 Å². The van der Waals surface area contributed by atoms with Crippen LogP contribution >= 0.6 is 23.2 Å². The van der Waals surface area contributed by atoms with Gasteiger partial charge in [0.2, 0.25) is 20.0 Å². The molecule has 0 aliphatic carbocycles. The first kappa shape index (κ1) is 66.1. The van der Waals surface area contributed by atoms with Crippen LogP contribution in [-0.2, 0) is 43.0 Å². The Morgan fingerprint density at radius 3 is 1.41 bits per heavy atom. The molecule has 6 aromatic carbocycles. The van der Waals surface area contributed by atoms with E-state index in [0.29, 0.717) is 43.1 Å². The molecule has 1 aliphatic heterocycles. The van der Waals surface area contributed by atoms with Crippen LogP contribution in [0.1, 0.15) is 115 Å². The third kappa shape index (κ3) is 15.6. The number of aryl methyl sites for hydroxylation is 2. The SMILES string of the molecule is C.C.C.C.CC(C)(c1ccccc1)n1nnc(Cc2ccccc2)n1.Cc1ccc(S(=O)(=O)N(CCCl)CCCl)cc1.Cc1ccc(S(=O)(=O)N2CCC(c3ccccc3)(c3nnn(C(C)(C)c4ccccc4)n3)CC2)cc1. The Balaban J connectivity index is 0.000000327. The maximum Gasteiger partial charge on any atom is 0.243 e. The van der Waals surface area contributed by atoms with E-state index in [9.17, 15) is 16.8 Å². The van der Waals surface area contributed by atoms with Crippen LogP contribution in [0.15, 0.2) is 180 Å². The molecule has 2 aromatic heterocycles. The summed E-state index contributed by atoms with van der Waals surface area (Å²) < 4.78 is 54.1. The largest absolute Gasteiger partial charge is 0.243 e. The molecule has 78 heavy (non-hydrogen) atoms. The molecule has 0 unspecified atom stereocenters. The predicted octanol–water partition coefficient (Wildman–Crippen LogP) is 12.6. The van der Waals surface area contributed by atoms with E-state index in [1.807, 2.05) is 98.8 Å². The van der Waals surface area contributed by atoms with Gasteiger partial charge in [0.05, 0.1) is 15.2 Å². The lowest BCUT2D eigenvalue weighted by atomic mass is 9.72. The fourth-order valence-electron chi connectivity index (χ4n) is 8.66. The van der Waals surface area contributed by atoms with Gasteiger partial charge in [-0.05, 0) is 111 Å². The Hall–Kier alpha value is -6.14. The first-order valence-electron chi connectivity index (χ1n) is 24.5. The van der Waals surface area contributed by atoms with Gasteiger partial charge in [0, 0.05) is 44.4 Å². The van der Waals surface area contributed by atoms with Crippen LogP contribution in [0, 0.1) is 13.8 Å². The molecule has 0 amide bonds. The second-order valence-electron chi connectivity index (χ2n) is 19.2. The number of alkyl halides is 2. The van der Waals surface area contributed by atoms with E-state index in [-0.39, 0.29) is 65.0 Å². The van der Waals surface area contributed by atoms with Crippen molar-refractivity contribution in [2.75, 3.05) is 37.9 Å². The number of tetrazole rings is 2. The summed E-state index contributed by atoms with van der Waals surface area (Å²) in [6, 6.07) is 54.5. The maximum absolute atomic E-state index is 13.4. The lowest BCUT2D eigenvalue weighted by Crippen LogP contribution is -2.46. The van der Waals surface area contributed by atoms with Gasteiger partial charge in [0.1, 0.15) is 11.1 Å². The fraction of sp³-hybridized carbons (Fsp3) is 0.367. The molecular weight excluding hydrogens is 1060 g/mol. The molecule has 9 rings (SSSR count). The van der Waals surface area contributed by atoms with E-state index in [1.54, 1.807) is 50.3 Å². The molecule has 0 N–H and O–H groups in total. The summed E-state index contributed by atoms with van der Waals surface area (Å²) in [5, 5.41) is 26.9. The van der Waals surface area contributed by atoms with Crippen LogP contribution in [0.2, 0.25) is 0 Å². The van der Waals surface area contributed by atoms with Crippen molar-refractivity contribution in [3.05, 3.63) is 215 Å². The summed E-state index contributed by atoms with van der Waals surface area (Å²) in [6.07, 6.45) is 1.84. The van der Waals surface area contributed by atoms with Gasteiger partial charge in [-0.1, -0.05) is 186 Å². The van der Waals surface area contributed by atoms with Crippen LogP contribution in [0.4, 0.5) is 0 Å². The number of halogens is 2. The second kappa shape index (κ2) is 29.2. The highest BCUT2D eigenvalue weighted by Gasteiger charge is 2.45. The maximum atomic E-state index is 13.4. The molecule has 18 heteroatoms.